The molecule has 1 atom stereocenters. The average Bonchev–Trinajstić information content (AvgIpc) is 2.72. The van der Waals surface area contributed by atoms with Crippen molar-refractivity contribution in [3.05, 3.63) is 0 Å². The third-order valence-corrected chi connectivity index (χ3v) is 4.25. The van der Waals surface area contributed by atoms with E-state index in [1.807, 2.05) is 11.9 Å². The molecular formula is C14H25NO3. The fourth-order valence-electron chi connectivity index (χ4n) is 3.29. The number of hydrogen-bond donors (Lipinski definition) is 0. The summed E-state index contributed by atoms with van der Waals surface area (Å²) >= 11 is 0. The van der Waals surface area contributed by atoms with Crippen LogP contribution in [0.4, 0.5) is 0 Å². The van der Waals surface area contributed by atoms with Crippen LogP contribution in [-0.2, 0) is 14.3 Å². The molecule has 1 aliphatic heterocycles. The molecule has 0 amide bonds. The van der Waals surface area contributed by atoms with E-state index in [0.717, 1.165) is 13.0 Å². The minimum absolute atomic E-state index is 0.176. The Hall–Kier alpha value is -0.610. The third kappa shape index (κ3) is 3.45. The predicted molar refractivity (Wildman–Crippen MR) is 69.4 cm³/mol. The number of hydrogen-bond acceptors (Lipinski definition) is 4. The summed E-state index contributed by atoms with van der Waals surface area (Å²) < 4.78 is 11.0. The predicted octanol–water partition coefficient (Wildman–Crippen LogP) is 1.97. The van der Waals surface area contributed by atoms with Crippen molar-refractivity contribution in [2.45, 2.75) is 56.7 Å². The molecule has 0 aromatic rings. The fraction of sp³-hybridized carbons (Fsp3) is 0.929. The fourth-order valence-corrected chi connectivity index (χ4v) is 3.29. The Morgan fingerprint density at radius 2 is 2.06 bits per heavy atom. The van der Waals surface area contributed by atoms with Gasteiger partial charge in [-0.05, 0) is 32.7 Å². The van der Waals surface area contributed by atoms with Gasteiger partial charge < -0.3 is 9.47 Å². The Bertz CT molecular complexity index is 287. The van der Waals surface area contributed by atoms with Gasteiger partial charge >= 0.3 is 5.97 Å². The SMILES string of the molecule is COC(=O)CN(C)CC1CCC2(CCCCC2)O1. The zero-order valence-corrected chi connectivity index (χ0v) is 11.6. The van der Waals surface area contributed by atoms with E-state index in [1.54, 1.807) is 0 Å². The average molecular weight is 255 g/mol. The van der Waals surface area contributed by atoms with Gasteiger partial charge in [0.1, 0.15) is 0 Å². The van der Waals surface area contributed by atoms with Crippen LogP contribution in [0, 0.1) is 0 Å². The van der Waals surface area contributed by atoms with Crippen molar-refractivity contribution in [1.82, 2.24) is 4.90 Å². The van der Waals surface area contributed by atoms with Gasteiger partial charge in [0, 0.05) is 6.54 Å². The van der Waals surface area contributed by atoms with Gasteiger partial charge in [-0.2, -0.15) is 0 Å². The standard InChI is InChI=1S/C14H25NO3/c1-15(11-13(16)17-2)10-12-6-9-14(18-12)7-4-3-5-8-14/h12H,3-11H2,1-2H3. The summed E-state index contributed by atoms with van der Waals surface area (Å²) in [6, 6.07) is 0. The van der Waals surface area contributed by atoms with E-state index in [-0.39, 0.29) is 17.7 Å². The van der Waals surface area contributed by atoms with Gasteiger partial charge in [0.05, 0.1) is 25.4 Å². The van der Waals surface area contributed by atoms with Gasteiger partial charge in [0.25, 0.3) is 0 Å². The van der Waals surface area contributed by atoms with Gasteiger partial charge in [0.15, 0.2) is 0 Å². The van der Waals surface area contributed by atoms with Crippen molar-refractivity contribution >= 4 is 5.97 Å². The van der Waals surface area contributed by atoms with Crippen LogP contribution in [0.15, 0.2) is 0 Å². The molecule has 1 unspecified atom stereocenters. The van der Waals surface area contributed by atoms with Gasteiger partial charge in [-0.15, -0.1) is 0 Å². The second kappa shape index (κ2) is 6.02. The summed E-state index contributed by atoms with van der Waals surface area (Å²) in [7, 11) is 3.38. The largest absolute Gasteiger partial charge is 0.468 e. The summed E-state index contributed by atoms with van der Waals surface area (Å²) in [4.78, 5) is 13.2. The van der Waals surface area contributed by atoms with Crippen molar-refractivity contribution in [3.63, 3.8) is 0 Å². The molecule has 0 N–H and O–H groups in total. The van der Waals surface area contributed by atoms with E-state index >= 15 is 0 Å². The first-order chi connectivity index (χ1) is 8.63. The van der Waals surface area contributed by atoms with Crippen LogP contribution in [-0.4, -0.2) is 49.8 Å². The molecule has 1 spiro atoms. The molecule has 4 nitrogen and oxygen atoms in total. The highest BCUT2D eigenvalue weighted by atomic mass is 16.5. The highest BCUT2D eigenvalue weighted by Gasteiger charge is 2.40. The first-order valence-electron chi connectivity index (χ1n) is 7.07. The number of methoxy groups -OCH3 is 1. The lowest BCUT2D eigenvalue weighted by Gasteiger charge is -2.33. The maximum absolute atomic E-state index is 11.2. The van der Waals surface area contributed by atoms with Crippen molar-refractivity contribution in [1.29, 1.82) is 0 Å². The van der Waals surface area contributed by atoms with Crippen molar-refractivity contribution < 1.29 is 14.3 Å². The van der Waals surface area contributed by atoms with E-state index in [0.29, 0.717) is 6.54 Å². The molecule has 2 rings (SSSR count). The van der Waals surface area contributed by atoms with Gasteiger partial charge in [-0.3, -0.25) is 9.69 Å². The first kappa shape index (κ1) is 13.8. The van der Waals surface area contributed by atoms with Crippen LogP contribution in [0.25, 0.3) is 0 Å². The maximum atomic E-state index is 11.2. The summed E-state index contributed by atoms with van der Waals surface area (Å²) in [6.07, 6.45) is 9.05. The van der Waals surface area contributed by atoms with Crippen LogP contribution < -0.4 is 0 Å². The van der Waals surface area contributed by atoms with Crippen LogP contribution in [0.5, 0.6) is 0 Å². The molecule has 1 saturated carbocycles. The summed E-state index contributed by atoms with van der Waals surface area (Å²) in [6.45, 7) is 1.18. The molecule has 1 saturated heterocycles. The van der Waals surface area contributed by atoms with E-state index in [4.69, 9.17) is 4.74 Å². The molecule has 2 fully saturated rings. The minimum Gasteiger partial charge on any atom is -0.468 e. The Morgan fingerprint density at radius 3 is 2.72 bits per heavy atom. The van der Waals surface area contributed by atoms with E-state index in [1.165, 1.54) is 45.6 Å². The van der Waals surface area contributed by atoms with Crippen molar-refractivity contribution in [2.24, 2.45) is 0 Å². The monoisotopic (exact) mass is 255 g/mol. The summed E-state index contributed by atoms with van der Waals surface area (Å²) in [5, 5.41) is 0. The second-order valence-corrected chi connectivity index (χ2v) is 5.80. The van der Waals surface area contributed by atoms with E-state index in [9.17, 15) is 4.79 Å². The number of likely N-dealkylation sites (N-methyl/N-ethyl adjacent to an activating group) is 1. The number of nitrogens with zero attached hydrogens (tertiary/aromatic N) is 1. The summed E-state index contributed by atoms with van der Waals surface area (Å²) in [5.41, 5.74) is 0.176. The number of ether oxygens (including phenoxy) is 2. The van der Waals surface area contributed by atoms with Crippen molar-refractivity contribution in [2.75, 3.05) is 27.2 Å². The number of carbonyl (C=O) groups excluding carboxylic acids is 1. The van der Waals surface area contributed by atoms with E-state index in [2.05, 4.69) is 4.74 Å². The zero-order chi connectivity index (χ0) is 13.0. The normalized spacial score (nSPS) is 26.7. The lowest BCUT2D eigenvalue weighted by Crippen LogP contribution is -2.37. The Kier molecular flexibility index (Phi) is 4.62. The Labute approximate surface area is 110 Å². The molecule has 0 bridgehead atoms. The molecule has 1 aliphatic carbocycles. The molecule has 0 aromatic carbocycles. The second-order valence-electron chi connectivity index (χ2n) is 5.80. The molecular weight excluding hydrogens is 230 g/mol. The molecule has 104 valence electrons. The highest BCUT2D eigenvalue weighted by molar-refractivity contribution is 5.71. The molecule has 2 aliphatic rings. The maximum Gasteiger partial charge on any atom is 0.319 e. The van der Waals surface area contributed by atoms with Crippen molar-refractivity contribution in [3.8, 4) is 0 Å². The van der Waals surface area contributed by atoms with E-state index < -0.39 is 0 Å². The van der Waals surface area contributed by atoms with Gasteiger partial charge in [0.2, 0.25) is 0 Å². The molecule has 4 heteroatoms. The lowest BCUT2D eigenvalue weighted by molar-refractivity contribution is -0.142. The molecule has 0 radical (unpaired) electrons. The molecule has 18 heavy (non-hydrogen) atoms. The third-order valence-electron chi connectivity index (χ3n) is 4.25. The highest BCUT2D eigenvalue weighted by Crippen LogP contribution is 2.41. The topological polar surface area (TPSA) is 38.8 Å². The van der Waals surface area contributed by atoms with Gasteiger partial charge in [-0.25, -0.2) is 0 Å². The summed E-state index contributed by atoms with van der Waals surface area (Å²) in [5.74, 6) is -0.178. The number of carbonyl (C=O) groups is 1. The van der Waals surface area contributed by atoms with Crippen LogP contribution in [0.1, 0.15) is 44.9 Å². The molecule has 0 aromatic heterocycles. The lowest BCUT2D eigenvalue weighted by atomic mass is 9.83. The first-order valence-corrected chi connectivity index (χ1v) is 7.07. The van der Waals surface area contributed by atoms with Crippen LogP contribution in [0.3, 0.4) is 0 Å². The van der Waals surface area contributed by atoms with Crippen LogP contribution in [0.2, 0.25) is 0 Å². The van der Waals surface area contributed by atoms with Gasteiger partial charge in [-0.1, -0.05) is 19.3 Å². The molecule has 1 heterocycles. The Morgan fingerprint density at radius 1 is 1.33 bits per heavy atom. The smallest absolute Gasteiger partial charge is 0.319 e. The quantitative estimate of drug-likeness (QED) is 0.720. The number of esters is 1. The zero-order valence-electron chi connectivity index (χ0n) is 11.6. The Balaban J connectivity index is 1.76. The minimum atomic E-state index is -0.178. The number of rotatable bonds is 4. The van der Waals surface area contributed by atoms with Crippen LogP contribution >= 0.6 is 0 Å².